The second-order valence-corrected chi connectivity index (χ2v) is 8.97. The molecule has 0 unspecified atom stereocenters. The van der Waals surface area contributed by atoms with E-state index in [1.807, 2.05) is 83.1 Å². The molecule has 56 heavy (non-hydrogen) atoms. The monoisotopic (exact) mass is 920 g/mol. The Morgan fingerprint density at radius 1 is 0.304 bits per heavy atom. The first-order valence-corrected chi connectivity index (χ1v) is 19.3. The Hall–Kier alpha value is -2.11. The minimum Gasteiger partial charge on any atom is -0.400 e. The summed E-state index contributed by atoms with van der Waals surface area (Å²) < 4.78 is 0. The van der Waals surface area contributed by atoms with Crippen molar-refractivity contribution in [3.63, 3.8) is 0 Å². The summed E-state index contributed by atoms with van der Waals surface area (Å²) in [7, 11) is 4.00. The zero-order chi connectivity index (χ0) is 41.8. The first-order chi connectivity index (χ1) is 26.4. The van der Waals surface area contributed by atoms with Crippen molar-refractivity contribution in [2.45, 2.75) is 95.9 Å². The topological polar surface area (TPSA) is 80.9 Å². The van der Waals surface area contributed by atoms with E-state index in [1.54, 1.807) is 0 Å². The van der Waals surface area contributed by atoms with Gasteiger partial charge in [0.2, 0.25) is 0 Å². The molecule has 0 fully saturated rings. The van der Waals surface area contributed by atoms with Crippen LogP contribution in [0.4, 0.5) is 0 Å². The van der Waals surface area contributed by atoms with Crippen molar-refractivity contribution in [3.05, 3.63) is 156 Å². The molecule has 0 aromatic heterocycles. The smallest absolute Gasteiger partial charge is 0.0714 e. The Morgan fingerprint density at radius 2 is 0.536 bits per heavy atom. The fraction of sp³-hybridized carbons (Fsp3) is 0.360. The van der Waals surface area contributed by atoms with Gasteiger partial charge in [0.1, 0.15) is 0 Å². The van der Waals surface area contributed by atoms with Crippen molar-refractivity contribution in [1.82, 2.24) is 0 Å². The van der Waals surface area contributed by atoms with Gasteiger partial charge >= 0.3 is 0 Å². The third-order valence-electron chi connectivity index (χ3n) is 7.32. The Balaban J connectivity index is -0.000000184. The predicted octanol–water partition coefficient (Wildman–Crippen LogP) is 13.6. The van der Waals surface area contributed by atoms with Gasteiger partial charge in [-0.25, -0.2) is 0 Å². The number of hydrogen-bond donors (Lipinski definition) is 4. The molecule has 1 aliphatic rings. The molecule has 4 nitrogen and oxygen atoms in total. The van der Waals surface area contributed by atoms with E-state index in [0.717, 1.165) is 28.4 Å². The third kappa shape index (κ3) is 17.4. The number of aliphatic hydroxyl groups is 4. The molecule has 0 amide bonds. The molecular formula is C50H78O4Y2. The Morgan fingerprint density at radius 3 is 0.821 bits per heavy atom. The van der Waals surface area contributed by atoms with Crippen LogP contribution in [-0.2, 0) is 70.8 Å². The van der Waals surface area contributed by atoms with Crippen LogP contribution in [0, 0.1) is 0 Å². The van der Waals surface area contributed by atoms with Crippen LogP contribution in [0.15, 0.2) is 133 Å². The minimum atomic E-state index is -0.360. The van der Waals surface area contributed by atoms with E-state index in [0.29, 0.717) is 0 Å². The molecule has 0 saturated heterocycles. The van der Waals surface area contributed by atoms with E-state index < -0.39 is 0 Å². The quantitative estimate of drug-likeness (QED) is 0.139. The molecule has 0 bridgehead atoms. The van der Waals surface area contributed by atoms with Gasteiger partial charge in [-0.3, -0.25) is 0 Å². The van der Waals surface area contributed by atoms with Gasteiger partial charge in [-0.2, -0.15) is 0 Å². The number of fused-ring (bicyclic) bond motifs is 5. The summed E-state index contributed by atoms with van der Waals surface area (Å²) in [6, 6.07) is 49.2. The standard InChI is InChI=1S/C33H22.6C2H6.4CH4O.CH4.2Y/c1-3-11-25-21-27(19-17-23(25)9-1)33(28-20-18-24-10-2-4-12-26(24)22-28)31-15-7-5-13-29(31)30-14-6-8-16-32(30)33;10*1-2;;;/h1-22H;6*1-2H3;4*2H,1H3;1H4;;. The minimum absolute atomic E-state index is 0. The van der Waals surface area contributed by atoms with Crippen LogP contribution in [-0.4, -0.2) is 48.9 Å². The molecule has 6 heteroatoms. The Bertz CT molecular complexity index is 1580. The summed E-state index contributed by atoms with van der Waals surface area (Å²) in [6.45, 7) is 24.0. The molecule has 6 aromatic carbocycles. The summed E-state index contributed by atoms with van der Waals surface area (Å²) in [5, 5.41) is 33.1. The van der Waals surface area contributed by atoms with Gasteiger partial charge in [0.25, 0.3) is 0 Å². The molecule has 308 valence electrons. The first kappa shape index (κ1) is 68.6. The van der Waals surface area contributed by atoms with Crippen LogP contribution in [0.5, 0.6) is 0 Å². The van der Waals surface area contributed by atoms with Gasteiger partial charge < -0.3 is 20.4 Å². The van der Waals surface area contributed by atoms with Gasteiger partial charge in [0.05, 0.1) is 5.41 Å². The fourth-order valence-electron chi connectivity index (χ4n) is 5.87. The van der Waals surface area contributed by atoms with Crippen LogP contribution in [0.1, 0.15) is 113 Å². The van der Waals surface area contributed by atoms with Crippen molar-refractivity contribution in [2.75, 3.05) is 28.4 Å². The predicted molar refractivity (Wildman–Crippen MR) is 246 cm³/mol. The van der Waals surface area contributed by atoms with E-state index in [4.69, 9.17) is 20.4 Å². The maximum atomic E-state index is 7.00. The summed E-state index contributed by atoms with van der Waals surface area (Å²) in [6.07, 6.45) is 0. The summed E-state index contributed by atoms with van der Waals surface area (Å²) in [5.41, 5.74) is 7.64. The molecule has 0 aliphatic heterocycles. The molecule has 6 aromatic rings. The third-order valence-corrected chi connectivity index (χ3v) is 7.32. The largest absolute Gasteiger partial charge is 0.400 e. The second-order valence-electron chi connectivity index (χ2n) is 8.97. The van der Waals surface area contributed by atoms with Gasteiger partial charge in [-0.1, -0.05) is 212 Å². The van der Waals surface area contributed by atoms with E-state index in [9.17, 15) is 0 Å². The molecule has 1 aliphatic carbocycles. The molecule has 0 saturated carbocycles. The Kier molecular flexibility index (Phi) is 55.8. The SMILES string of the molecule is C.CC.CC.CC.CC.CC.CC.CO.CO.CO.CO.[Y].[Y].c1ccc2c(c1)-c1ccccc1C2(c1ccc2ccccc2c1)c1ccc2ccccc2c1. The van der Waals surface area contributed by atoms with Crippen LogP contribution in [0.3, 0.4) is 0 Å². The van der Waals surface area contributed by atoms with E-state index in [1.165, 1.54) is 54.9 Å². The average Bonchev–Trinajstić information content (AvgIpc) is 3.61. The van der Waals surface area contributed by atoms with Gasteiger partial charge in [0, 0.05) is 93.9 Å². The summed E-state index contributed by atoms with van der Waals surface area (Å²) >= 11 is 0. The van der Waals surface area contributed by atoms with Crippen LogP contribution >= 0.6 is 0 Å². The van der Waals surface area contributed by atoms with E-state index >= 15 is 0 Å². The number of aliphatic hydroxyl groups excluding tert-OH is 4. The Labute approximate surface area is 395 Å². The summed E-state index contributed by atoms with van der Waals surface area (Å²) in [5.74, 6) is 0. The maximum Gasteiger partial charge on any atom is 0.0714 e. The maximum absolute atomic E-state index is 7.00. The zero-order valence-electron chi connectivity index (χ0n) is 37.1. The molecule has 0 heterocycles. The van der Waals surface area contributed by atoms with E-state index in [2.05, 4.69) is 133 Å². The van der Waals surface area contributed by atoms with Crippen molar-refractivity contribution < 1.29 is 85.8 Å². The van der Waals surface area contributed by atoms with E-state index in [-0.39, 0.29) is 78.3 Å². The molecule has 0 atom stereocenters. The first-order valence-electron chi connectivity index (χ1n) is 19.3. The summed E-state index contributed by atoms with van der Waals surface area (Å²) in [4.78, 5) is 0. The molecule has 0 spiro atoms. The van der Waals surface area contributed by atoms with Crippen molar-refractivity contribution in [2.24, 2.45) is 0 Å². The molecular weight excluding hydrogens is 842 g/mol. The van der Waals surface area contributed by atoms with Crippen LogP contribution < -0.4 is 0 Å². The zero-order valence-corrected chi connectivity index (χ0v) is 42.8. The van der Waals surface area contributed by atoms with Crippen LogP contribution in [0.25, 0.3) is 32.7 Å². The molecule has 4 N–H and O–H groups in total. The van der Waals surface area contributed by atoms with Crippen LogP contribution in [0.2, 0.25) is 0 Å². The molecule has 7 rings (SSSR count). The second kappa shape index (κ2) is 45.6. The van der Waals surface area contributed by atoms with Gasteiger partial charge in [0.15, 0.2) is 0 Å². The average molecular weight is 921 g/mol. The van der Waals surface area contributed by atoms with Gasteiger partial charge in [-0.15, -0.1) is 0 Å². The number of hydrogen-bond acceptors (Lipinski definition) is 4. The van der Waals surface area contributed by atoms with Gasteiger partial charge in [-0.05, 0) is 67.1 Å². The van der Waals surface area contributed by atoms with Crippen molar-refractivity contribution >= 4 is 21.5 Å². The number of rotatable bonds is 2. The van der Waals surface area contributed by atoms with Crippen molar-refractivity contribution in [1.29, 1.82) is 0 Å². The normalized spacial score (nSPS) is 9.14. The number of benzene rings is 6. The molecule has 2 radical (unpaired) electrons. The fourth-order valence-corrected chi connectivity index (χ4v) is 5.87. The van der Waals surface area contributed by atoms with Crippen molar-refractivity contribution in [3.8, 4) is 11.1 Å².